The molecule has 1 aromatic carbocycles. The molecule has 0 fully saturated rings. The molecule has 2 heterocycles. The van der Waals surface area contributed by atoms with Crippen LogP contribution in [0.1, 0.15) is 0 Å². The van der Waals surface area contributed by atoms with Crippen LogP contribution >= 0.6 is 0 Å². The summed E-state index contributed by atoms with van der Waals surface area (Å²) in [6.07, 6.45) is 2.89. The number of nitro benzene ring substituents is 1. The summed E-state index contributed by atoms with van der Waals surface area (Å²) in [5, 5.41) is 18.4. The Bertz CT molecular complexity index is 816. The maximum atomic E-state index is 10.8. The Kier molecular flexibility index (Phi) is 2.99. The summed E-state index contributed by atoms with van der Waals surface area (Å²) < 4.78 is 5.44. The molecular weight excluding hydrogens is 276 g/mol. The Morgan fingerprint density at radius 2 is 1.90 bits per heavy atom. The first-order valence-corrected chi connectivity index (χ1v) is 5.80. The third-order valence-electron chi connectivity index (χ3n) is 2.66. The zero-order chi connectivity index (χ0) is 14.8. The maximum absolute atomic E-state index is 10.8. The number of nitrogens with two attached hydrogens (primary N) is 1. The summed E-state index contributed by atoms with van der Waals surface area (Å²) in [5.41, 5.74) is 6.31. The minimum atomic E-state index is -0.499. The molecule has 0 aliphatic heterocycles. The van der Waals surface area contributed by atoms with Crippen molar-refractivity contribution >= 4 is 11.5 Å². The zero-order valence-electron chi connectivity index (χ0n) is 10.5. The molecule has 9 nitrogen and oxygen atoms in total. The third kappa shape index (κ3) is 2.39. The van der Waals surface area contributed by atoms with Crippen LogP contribution < -0.4 is 5.73 Å². The van der Waals surface area contributed by atoms with Crippen molar-refractivity contribution in [3.8, 4) is 23.0 Å². The summed E-state index contributed by atoms with van der Waals surface area (Å²) in [7, 11) is 0. The molecule has 104 valence electrons. The van der Waals surface area contributed by atoms with E-state index in [-0.39, 0.29) is 29.0 Å². The van der Waals surface area contributed by atoms with E-state index in [0.717, 1.165) is 0 Å². The first-order chi connectivity index (χ1) is 10.1. The minimum absolute atomic E-state index is 0.0636. The molecule has 2 N–H and O–H groups in total. The van der Waals surface area contributed by atoms with Crippen molar-refractivity contribution in [1.29, 1.82) is 0 Å². The maximum Gasteiger partial charge on any atom is 0.270 e. The van der Waals surface area contributed by atoms with Crippen LogP contribution in [0.4, 0.5) is 11.5 Å². The molecule has 2 aromatic heterocycles. The summed E-state index contributed by atoms with van der Waals surface area (Å²) in [5.74, 6) is 0.396. The predicted octanol–water partition coefficient (Wildman–Crippen LogP) is 1.68. The van der Waals surface area contributed by atoms with Crippen LogP contribution in [0.2, 0.25) is 0 Å². The Morgan fingerprint density at radius 3 is 2.67 bits per heavy atom. The normalized spacial score (nSPS) is 10.5. The molecule has 0 aliphatic rings. The molecule has 0 bridgehead atoms. The number of nitro groups is 1. The number of nitrogen functional groups attached to an aromatic ring is 1. The molecule has 3 aromatic rings. The lowest BCUT2D eigenvalue weighted by Crippen LogP contribution is -1.95. The molecule has 0 aliphatic carbocycles. The van der Waals surface area contributed by atoms with E-state index in [4.69, 9.17) is 10.2 Å². The fourth-order valence-corrected chi connectivity index (χ4v) is 1.70. The van der Waals surface area contributed by atoms with Gasteiger partial charge in [0.15, 0.2) is 11.5 Å². The minimum Gasteiger partial charge on any atom is -0.414 e. The lowest BCUT2D eigenvalue weighted by Gasteiger charge is -1.97. The highest BCUT2D eigenvalue weighted by Crippen LogP contribution is 2.26. The van der Waals surface area contributed by atoms with E-state index < -0.39 is 4.92 Å². The van der Waals surface area contributed by atoms with Gasteiger partial charge < -0.3 is 10.2 Å². The second kappa shape index (κ2) is 4.96. The van der Waals surface area contributed by atoms with Gasteiger partial charge in [0, 0.05) is 30.1 Å². The van der Waals surface area contributed by atoms with Crippen molar-refractivity contribution < 1.29 is 9.34 Å². The van der Waals surface area contributed by atoms with Gasteiger partial charge in [0.2, 0.25) is 5.89 Å². The van der Waals surface area contributed by atoms with E-state index >= 15 is 0 Å². The van der Waals surface area contributed by atoms with Crippen molar-refractivity contribution in [3.63, 3.8) is 0 Å². The molecular formula is C12H8N6O3. The van der Waals surface area contributed by atoms with Gasteiger partial charge in [0.05, 0.1) is 4.92 Å². The van der Waals surface area contributed by atoms with E-state index in [1.54, 1.807) is 6.07 Å². The summed E-state index contributed by atoms with van der Waals surface area (Å²) in [6.45, 7) is 0. The highest BCUT2D eigenvalue weighted by atomic mass is 16.6. The van der Waals surface area contributed by atoms with Crippen LogP contribution in [0.3, 0.4) is 0 Å². The van der Waals surface area contributed by atoms with Gasteiger partial charge in [0.1, 0.15) is 0 Å². The monoisotopic (exact) mass is 284 g/mol. The highest BCUT2D eigenvalue weighted by Gasteiger charge is 2.16. The quantitative estimate of drug-likeness (QED) is 0.567. The van der Waals surface area contributed by atoms with Crippen molar-refractivity contribution in [2.24, 2.45) is 0 Å². The van der Waals surface area contributed by atoms with Crippen LogP contribution in [0.5, 0.6) is 0 Å². The number of anilines is 1. The molecule has 0 unspecified atom stereocenters. The lowest BCUT2D eigenvalue weighted by atomic mass is 10.2. The van der Waals surface area contributed by atoms with E-state index in [1.807, 2.05) is 0 Å². The van der Waals surface area contributed by atoms with E-state index in [9.17, 15) is 10.1 Å². The number of non-ortho nitro benzene ring substituents is 1. The van der Waals surface area contributed by atoms with E-state index in [1.165, 1.54) is 30.6 Å². The standard InChI is InChI=1S/C12H8N6O3/c13-10-9(14-4-5-15-10)12-17-16-11(21-12)7-2-1-3-8(6-7)18(19)20/h1-6H,(H2,13,15). The second-order valence-corrected chi connectivity index (χ2v) is 4.01. The SMILES string of the molecule is Nc1nccnc1-c1nnc(-c2cccc([N+](=O)[O-])c2)o1. The van der Waals surface area contributed by atoms with Gasteiger partial charge in [-0.25, -0.2) is 9.97 Å². The van der Waals surface area contributed by atoms with Crippen molar-refractivity contribution in [1.82, 2.24) is 20.2 Å². The van der Waals surface area contributed by atoms with Gasteiger partial charge in [-0.15, -0.1) is 10.2 Å². The number of aromatic nitrogens is 4. The van der Waals surface area contributed by atoms with Gasteiger partial charge in [-0.05, 0) is 6.07 Å². The van der Waals surface area contributed by atoms with Crippen LogP contribution in [-0.4, -0.2) is 25.1 Å². The fourth-order valence-electron chi connectivity index (χ4n) is 1.70. The van der Waals surface area contributed by atoms with Crippen LogP contribution in [-0.2, 0) is 0 Å². The topological polar surface area (TPSA) is 134 Å². The highest BCUT2D eigenvalue weighted by molar-refractivity contribution is 5.63. The average molecular weight is 284 g/mol. The van der Waals surface area contributed by atoms with E-state index in [0.29, 0.717) is 5.56 Å². The zero-order valence-corrected chi connectivity index (χ0v) is 10.5. The molecule has 3 rings (SSSR count). The predicted molar refractivity (Wildman–Crippen MR) is 71.8 cm³/mol. The fraction of sp³-hybridized carbons (Fsp3) is 0. The Balaban J connectivity index is 2.01. The third-order valence-corrected chi connectivity index (χ3v) is 2.66. The first kappa shape index (κ1) is 12.7. The lowest BCUT2D eigenvalue weighted by molar-refractivity contribution is -0.384. The number of rotatable bonds is 3. The smallest absolute Gasteiger partial charge is 0.270 e. The number of hydrogen-bond donors (Lipinski definition) is 1. The number of nitrogens with zero attached hydrogens (tertiary/aromatic N) is 5. The molecule has 0 saturated heterocycles. The van der Waals surface area contributed by atoms with Crippen molar-refractivity contribution in [3.05, 3.63) is 46.8 Å². The van der Waals surface area contributed by atoms with Gasteiger partial charge in [-0.1, -0.05) is 6.07 Å². The number of benzene rings is 1. The average Bonchev–Trinajstić information content (AvgIpc) is 2.97. The molecule has 0 saturated carbocycles. The van der Waals surface area contributed by atoms with Gasteiger partial charge >= 0.3 is 0 Å². The first-order valence-electron chi connectivity index (χ1n) is 5.80. The molecule has 0 radical (unpaired) electrons. The van der Waals surface area contributed by atoms with Gasteiger partial charge in [-0.2, -0.15) is 0 Å². The molecule has 0 atom stereocenters. The Labute approximate surface area is 117 Å². The van der Waals surface area contributed by atoms with Crippen LogP contribution in [0.25, 0.3) is 23.0 Å². The Hall–Kier alpha value is -3.36. The largest absolute Gasteiger partial charge is 0.414 e. The van der Waals surface area contributed by atoms with Crippen LogP contribution in [0.15, 0.2) is 41.1 Å². The molecule has 0 spiro atoms. The summed E-state index contributed by atoms with van der Waals surface area (Å²) in [6, 6.07) is 5.89. The molecule has 9 heteroatoms. The molecule has 0 amide bonds. The molecule has 21 heavy (non-hydrogen) atoms. The summed E-state index contributed by atoms with van der Waals surface area (Å²) >= 11 is 0. The number of hydrogen-bond acceptors (Lipinski definition) is 8. The van der Waals surface area contributed by atoms with Crippen molar-refractivity contribution in [2.45, 2.75) is 0 Å². The van der Waals surface area contributed by atoms with Crippen molar-refractivity contribution in [2.75, 3.05) is 5.73 Å². The van der Waals surface area contributed by atoms with E-state index in [2.05, 4.69) is 20.2 Å². The second-order valence-electron chi connectivity index (χ2n) is 4.01. The Morgan fingerprint density at radius 1 is 1.14 bits per heavy atom. The van der Waals surface area contributed by atoms with Gasteiger partial charge in [0.25, 0.3) is 11.6 Å². The van der Waals surface area contributed by atoms with Crippen LogP contribution in [0, 0.1) is 10.1 Å². The summed E-state index contributed by atoms with van der Waals surface area (Å²) in [4.78, 5) is 18.1. The van der Waals surface area contributed by atoms with Gasteiger partial charge in [-0.3, -0.25) is 10.1 Å².